The van der Waals surface area contributed by atoms with E-state index in [1.165, 1.54) is 4.90 Å². The highest BCUT2D eigenvalue weighted by atomic mass is 35.5. The Morgan fingerprint density at radius 3 is 2.24 bits per heavy atom. The van der Waals surface area contributed by atoms with Gasteiger partial charge in [0.2, 0.25) is 5.91 Å². The molecule has 160 valence electrons. The summed E-state index contributed by atoms with van der Waals surface area (Å²) < 4.78 is 5.32. The molecule has 2 rings (SSSR count). The molecular weight excluding hydrogens is 396 g/mol. The smallest absolute Gasteiger partial charge is 0.414 e. The van der Waals surface area contributed by atoms with E-state index in [9.17, 15) is 14.4 Å². The average Bonchev–Trinajstić information content (AvgIpc) is 2.71. The van der Waals surface area contributed by atoms with Crippen LogP contribution in [0, 0.1) is 11.8 Å². The van der Waals surface area contributed by atoms with Gasteiger partial charge in [-0.1, -0.05) is 11.6 Å². The van der Waals surface area contributed by atoms with Crippen molar-refractivity contribution < 1.29 is 24.2 Å². The van der Waals surface area contributed by atoms with E-state index in [0.29, 0.717) is 23.2 Å². The molecule has 1 aromatic carbocycles. The summed E-state index contributed by atoms with van der Waals surface area (Å²) in [6, 6.07) is 6.64. The molecule has 0 saturated heterocycles. The zero-order chi connectivity index (χ0) is 21.4. The number of amides is 2. The Balaban J connectivity index is 1.69. The Morgan fingerprint density at radius 1 is 1.03 bits per heavy atom. The minimum Gasteiger partial charge on any atom is -0.481 e. The third-order valence-electron chi connectivity index (χ3n) is 5.44. The molecule has 1 fully saturated rings. The lowest BCUT2D eigenvalue weighted by Crippen LogP contribution is -2.37. The maximum atomic E-state index is 12.4. The Morgan fingerprint density at radius 2 is 1.66 bits per heavy atom. The summed E-state index contributed by atoms with van der Waals surface area (Å²) in [6.45, 7) is 0.836. The van der Waals surface area contributed by atoms with E-state index < -0.39 is 12.1 Å². The topological polar surface area (TPSA) is 87.2 Å². The van der Waals surface area contributed by atoms with Gasteiger partial charge in [-0.15, -0.1) is 0 Å². The van der Waals surface area contributed by atoms with E-state index in [2.05, 4.69) is 0 Å². The number of carbonyl (C=O) groups is 3. The highest BCUT2D eigenvalue weighted by Gasteiger charge is 2.28. The second-order valence-corrected chi connectivity index (χ2v) is 8.09. The normalized spacial score (nSPS) is 18.7. The molecule has 0 unspecified atom stereocenters. The first kappa shape index (κ1) is 23.0. The first-order valence-corrected chi connectivity index (χ1v) is 10.3. The third-order valence-corrected chi connectivity index (χ3v) is 5.69. The molecule has 0 atom stereocenters. The van der Waals surface area contributed by atoms with Crippen LogP contribution in [0.1, 0.15) is 38.5 Å². The quantitative estimate of drug-likeness (QED) is 0.683. The zero-order valence-electron chi connectivity index (χ0n) is 17.0. The number of benzene rings is 1. The van der Waals surface area contributed by atoms with Gasteiger partial charge < -0.3 is 19.6 Å². The van der Waals surface area contributed by atoms with Crippen LogP contribution in [0.4, 0.5) is 4.79 Å². The Bertz CT molecular complexity index is 702. The van der Waals surface area contributed by atoms with Crippen molar-refractivity contribution >= 4 is 29.6 Å². The lowest BCUT2D eigenvalue weighted by molar-refractivity contribution is -0.139. The van der Waals surface area contributed by atoms with Crippen LogP contribution < -0.4 is 4.74 Å². The molecule has 29 heavy (non-hydrogen) atoms. The molecule has 1 aliphatic rings. The van der Waals surface area contributed by atoms with Gasteiger partial charge in [-0.25, -0.2) is 4.79 Å². The predicted molar refractivity (Wildman–Crippen MR) is 110 cm³/mol. The second kappa shape index (κ2) is 11.0. The molecule has 0 spiro atoms. The number of carbonyl (C=O) groups excluding carboxylic acids is 2. The molecule has 1 N–H and O–H groups in total. The summed E-state index contributed by atoms with van der Waals surface area (Å²) in [6.07, 6.45) is 3.90. The van der Waals surface area contributed by atoms with Gasteiger partial charge in [0, 0.05) is 38.1 Å². The summed E-state index contributed by atoms with van der Waals surface area (Å²) in [4.78, 5) is 38.3. The number of carboxylic acid groups (broad SMARTS) is 1. The number of halogens is 1. The molecule has 1 aliphatic carbocycles. The van der Waals surface area contributed by atoms with Gasteiger partial charge in [-0.3, -0.25) is 9.59 Å². The van der Waals surface area contributed by atoms with E-state index >= 15 is 0 Å². The highest BCUT2D eigenvalue weighted by Crippen LogP contribution is 2.32. The molecule has 2 amide bonds. The van der Waals surface area contributed by atoms with Crippen LogP contribution in [0.15, 0.2) is 24.3 Å². The number of aliphatic carboxylic acids is 1. The monoisotopic (exact) mass is 424 g/mol. The number of hydrogen-bond donors (Lipinski definition) is 1. The van der Waals surface area contributed by atoms with Crippen molar-refractivity contribution in [1.29, 1.82) is 0 Å². The van der Waals surface area contributed by atoms with Crippen LogP contribution in [0.25, 0.3) is 0 Å². The minimum atomic E-state index is -0.896. The van der Waals surface area contributed by atoms with Crippen LogP contribution in [0.2, 0.25) is 5.02 Å². The van der Waals surface area contributed by atoms with E-state index in [1.807, 2.05) is 0 Å². The standard InChI is InChI=1S/C21H29ClN2O5/c1-23(14-12-19(25)26)20(27)16-5-3-15(4-6-16)11-13-24(2)21(28)29-18-9-7-17(22)8-10-18/h7-10,15-16H,3-6,11-14H2,1-2H3,(H,25,26). The largest absolute Gasteiger partial charge is 0.481 e. The molecular formula is C21H29ClN2O5. The molecule has 7 nitrogen and oxygen atoms in total. The molecule has 1 aromatic rings. The lowest BCUT2D eigenvalue weighted by Gasteiger charge is -2.31. The summed E-state index contributed by atoms with van der Waals surface area (Å²) >= 11 is 5.82. The number of hydrogen-bond acceptors (Lipinski definition) is 4. The molecule has 0 bridgehead atoms. The van der Waals surface area contributed by atoms with Gasteiger partial charge >= 0.3 is 12.1 Å². The number of nitrogens with zero attached hydrogens (tertiary/aromatic N) is 2. The molecule has 0 aromatic heterocycles. The van der Waals surface area contributed by atoms with E-state index in [4.69, 9.17) is 21.4 Å². The number of ether oxygens (including phenoxy) is 1. The molecule has 8 heteroatoms. The van der Waals surface area contributed by atoms with Gasteiger partial charge in [-0.05, 0) is 62.3 Å². The fourth-order valence-corrected chi connectivity index (χ4v) is 3.66. The van der Waals surface area contributed by atoms with E-state index in [1.54, 1.807) is 43.3 Å². The molecule has 1 saturated carbocycles. The first-order chi connectivity index (χ1) is 13.8. The molecule has 0 radical (unpaired) electrons. The van der Waals surface area contributed by atoms with Gasteiger partial charge in [0.25, 0.3) is 0 Å². The highest BCUT2D eigenvalue weighted by molar-refractivity contribution is 6.30. The van der Waals surface area contributed by atoms with Gasteiger partial charge in [0.1, 0.15) is 5.75 Å². The summed E-state index contributed by atoms with van der Waals surface area (Å²) in [7, 11) is 3.38. The predicted octanol–water partition coefficient (Wildman–Crippen LogP) is 3.90. The van der Waals surface area contributed by atoms with Crippen molar-refractivity contribution in [1.82, 2.24) is 9.80 Å². The summed E-state index contributed by atoms with van der Waals surface area (Å²) in [5.41, 5.74) is 0. The van der Waals surface area contributed by atoms with Crippen LogP contribution in [0.3, 0.4) is 0 Å². The Kier molecular flexibility index (Phi) is 8.76. The second-order valence-electron chi connectivity index (χ2n) is 7.65. The SMILES string of the molecule is CN(CCC1CCC(C(=O)N(C)CCC(=O)O)CC1)C(=O)Oc1ccc(Cl)cc1. The molecule has 0 aliphatic heterocycles. The van der Waals surface area contributed by atoms with Gasteiger partial charge in [0.05, 0.1) is 6.42 Å². The average molecular weight is 425 g/mol. The van der Waals surface area contributed by atoms with Crippen molar-refractivity contribution in [2.45, 2.75) is 38.5 Å². The minimum absolute atomic E-state index is 0.0300. The van der Waals surface area contributed by atoms with Crippen molar-refractivity contribution in [3.05, 3.63) is 29.3 Å². The lowest BCUT2D eigenvalue weighted by atomic mass is 9.80. The van der Waals surface area contributed by atoms with Crippen LogP contribution in [-0.2, 0) is 9.59 Å². The van der Waals surface area contributed by atoms with Crippen molar-refractivity contribution in [2.24, 2.45) is 11.8 Å². The van der Waals surface area contributed by atoms with Crippen LogP contribution in [0.5, 0.6) is 5.75 Å². The maximum absolute atomic E-state index is 12.4. The fourth-order valence-electron chi connectivity index (χ4n) is 3.53. The van der Waals surface area contributed by atoms with E-state index in [-0.39, 0.29) is 24.8 Å². The third kappa shape index (κ3) is 7.57. The van der Waals surface area contributed by atoms with Gasteiger partial charge in [0.15, 0.2) is 0 Å². The fraction of sp³-hybridized carbons (Fsp3) is 0.571. The summed E-state index contributed by atoms with van der Waals surface area (Å²) in [5, 5.41) is 9.33. The van der Waals surface area contributed by atoms with E-state index in [0.717, 1.165) is 32.1 Å². The maximum Gasteiger partial charge on any atom is 0.414 e. The summed E-state index contributed by atoms with van der Waals surface area (Å²) in [5.74, 6) is 0.0320. The van der Waals surface area contributed by atoms with Gasteiger partial charge in [-0.2, -0.15) is 0 Å². The van der Waals surface area contributed by atoms with Crippen LogP contribution in [-0.4, -0.2) is 60.1 Å². The Hall–Kier alpha value is -2.28. The van der Waals surface area contributed by atoms with Crippen molar-refractivity contribution in [3.8, 4) is 5.75 Å². The molecule has 0 heterocycles. The Labute approximate surface area is 176 Å². The number of carboxylic acids is 1. The van der Waals surface area contributed by atoms with Crippen LogP contribution >= 0.6 is 11.6 Å². The van der Waals surface area contributed by atoms with Crippen molar-refractivity contribution in [2.75, 3.05) is 27.2 Å². The first-order valence-electron chi connectivity index (χ1n) is 9.91. The number of rotatable bonds is 8. The van der Waals surface area contributed by atoms with Crippen molar-refractivity contribution in [3.63, 3.8) is 0 Å². The zero-order valence-corrected chi connectivity index (χ0v) is 17.7.